The number of benzene rings is 2. The number of aromatic amines is 1. The molecule has 0 atom stereocenters. The summed E-state index contributed by atoms with van der Waals surface area (Å²) < 4.78 is 1.72. The molecule has 8 heteroatoms. The van der Waals surface area contributed by atoms with Gasteiger partial charge in [0.05, 0.1) is 35.6 Å². The first-order valence-corrected chi connectivity index (χ1v) is 10.7. The number of carbonyl (C=O) groups is 1. The van der Waals surface area contributed by atoms with Crippen molar-refractivity contribution in [1.82, 2.24) is 25.3 Å². The van der Waals surface area contributed by atoms with Crippen LogP contribution < -0.4 is 10.6 Å². The molecule has 0 saturated carbocycles. The zero-order valence-corrected chi connectivity index (χ0v) is 17.5. The summed E-state index contributed by atoms with van der Waals surface area (Å²) in [5, 5.41) is 27.7. The summed E-state index contributed by atoms with van der Waals surface area (Å²) in [4.78, 5) is 12.9. The van der Waals surface area contributed by atoms with Gasteiger partial charge in [0, 0.05) is 11.6 Å². The molecule has 1 saturated heterocycles. The maximum absolute atomic E-state index is 12.9. The van der Waals surface area contributed by atoms with Crippen LogP contribution in [0.5, 0.6) is 0 Å². The number of carbonyl (C=O) groups excluding carboxylic acids is 1. The Labute approximate surface area is 185 Å². The molecule has 1 fully saturated rings. The molecule has 0 aliphatic carbocycles. The van der Waals surface area contributed by atoms with E-state index >= 15 is 0 Å². The van der Waals surface area contributed by atoms with E-state index in [2.05, 4.69) is 44.1 Å². The molecule has 2 aromatic carbocycles. The molecule has 1 aliphatic heterocycles. The van der Waals surface area contributed by atoms with Crippen molar-refractivity contribution in [2.45, 2.75) is 25.3 Å². The number of nitrogens with one attached hydrogen (secondary N) is 3. The SMILES string of the molecule is N#Cc1cccc(Cn2cc(NC(=O)c3n[nH]c4cc(C5CCNCC5)ccc34)cn2)c1. The molecule has 32 heavy (non-hydrogen) atoms. The van der Waals surface area contributed by atoms with Gasteiger partial charge in [-0.1, -0.05) is 24.3 Å². The normalized spacial score (nSPS) is 14.3. The third-order valence-corrected chi connectivity index (χ3v) is 5.90. The van der Waals surface area contributed by atoms with Crippen molar-refractivity contribution < 1.29 is 4.79 Å². The van der Waals surface area contributed by atoms with Gasteiger partial charge in [-0.25, -0.2) is 0 Å². The van der Waals surface area contributed by atoms with E-state index < -0.39 is 0 Å². The molecule has 0 bridgehead atoms. The zero-order valence-electron chi connectivity index (χ0n) is 17.5. The van der Waals surface area contributed by atoms with Crippen LogP contribution in [0.3, 0.4) is 0 Å². The third-order valence-electron chi connectivity index (χ3n) is 5.90. The Kier molecular flexibility index (Phi) is 5.40. The zero-order chi connectivity index (χ0) is 21.9. The fraction of sp³-hybridized carbons (Fsp3) is 0.250. The fourth-order valence-electron chi connectivity index (χ4n) is 4.25. The number of amides is 1. The second-order valence-corrected chi connectivity index (χ2v) is 8.09. The van der Waals surface area contributed by atoms with Crippen molar-refractivity contribution in [2.75, 3.05) is 18.4 Å². The Bertz CT molecular complexity index is 1310. The van der Waals surface area contributed by atoms with E-state index in [4.69, 9.17) is 5.26 Å². The summed E-state index contributed by atoms with van der Waals surface area (Å²) in [5.74, 6) is 0.262. The van der Waals surface area contributed by atoms with Crippen LogP contribution in [0.2, 0.25) is 0 Å². The van der Waals surface area contributed by atoms with Gasteiger partial charge in [-0.2, -0.15) is 15.5 Å². The van der Waals surface area contributed by atoms with Crippen LogP contribution in [-0.4, -0.2) is 39.0 Å². The van der Waals surface area contributed by atoms with Crippen LogP contribution in [0.25, 0.3) is 10.9 Å². The lowest BCUT2D eigenvalue weighted by Crippen LogP contribution is -2.26. The Hall–Kier alpha value is -3.96. The standard InChI is InChI=1S/C24H23N7O/c25-12-16-2-1-3-17(10-16)14-31-15-20(13-27-31)28-24(32)23-21-5-4-19(11-22(21)29-30-23)18-6-8-26-9-7-18/h1-5,10-11,13,15,18,26H,6-9,14H2,(H,28,32)(H,29,30). The average molecular weight is 425 g/mol. The van der Waals surface area contributed by atoms with Gasteiger partial charge in [0.1, 0.15) is 0 Å². The van der Waals surface area contributed by atoms with Crippen molar-refractivity contribution in [2.24, 2.45) is 0 Å². The number of anilines is 1. The lowest BCUT2D eigenvalue weighted by atomic mass is 9.90. The predicted molar refractivity (Wildman–Crippen MR) is 121 cm³/mol. The number of piperidine rings is 1. The fourth-order valence-corrected chi connectivity index (χ4v) is 4.25. The van der Waals surface area contributed by atoms with Gasteiger partial charge in [-0.05, 0) is 61.2 Å². The first-order valence-electron chi connectivity index (χ1n) is 10.7. The van der Waals surface area contributed by atoms with E-state index in [9.17, 15) is 4.79 Å². The second-order valence-electron chi connectivity index (χ2n) is 8.09. The number of rotatable bonds is 5. The van der Waals surface area contributed by atoms with Gasteiger partial charge in [-0.15, -0.1) is 0 Å². The number of nitrogens with zero attached hydrogens (tertiary/aromatic N) is 4. The van der Waals surface area contributed by atoms with E-state index in [0.29, 0.717) is 29.4 Å². The number of hydrogen-bond donors (Lipinski definition) is 3. The molecule has 0 unspecified atom stereocenters. The first-order chi connectivity index (χ1) is 15.7. The van der Waals surface area contributed by atoms with Crippen molar-refractivity contribution in [3.05, 3.63) is 77.2 Å². The highest BCUT2D eigenvalue weighted by Gasteiger charge is 2.19. The Balaban J connectivity index is 1.29. The summed E-state index contributed by atoms with van der Waals surface area (Å²) >= 11 is 0. The van der Waals surface area contributed by atoms with Crippen molar-refractivity contribution in [1.29, 1.82) is 5.26 Å². The van der Waals surface area contributed by atoms with Crippen LogP contribution >= 0.6 is 0 Å². The smallest absolute Gasteiger partial charge is 0.276 e. The molecule has 0 spiro atoms. The van der Waals surface area contributed by atoms with Crippen LogP contribution in [0.15, 0.2) is 54.9 Å². The van der Waals surface area contributed by atoms with Crippen molar-refractivity contribution >= 4 is 22.5 Å². The highest BCUT2D eigenvalue weighted by molar-refractivity contribution is 6.11. The lowest BCUT2D eigenvalue weighted by Gasteiger charge is -2.22. The number of H-pyrrole nitrogens is 1. The Morgan fingerprint density at radius 3 is 2.94 bits per heavy atom. The molecule has 4 aromatic rings. The molecule has 5 rings (SSSR count). The molecular weight excluding hydrogens is 402 g/mol. The predicted octanol–water partition coefficient (Wildman–Crippen LogP) is 3.40. The third kappa shape index (κ3) is 4.11. The number of fused-ring (bicyclic) bond motifs is 1. The Morgan fingerprint density at radius 2 is 2.09 bits per heavy atom. The number of hydrogen-bond acceptors (Lipinski definition) is 5. The van der Waals surface area contributed by atoms with E-state index in [-0.39, 0.29) is 5.91 Å². The van der Waals surface area contributed by atoms with Gasteiger partial charge in [-0.3, -0.25) is 14.6 Å². The van der Waals surface area contributed by atoms with Gasteiger partial charge >= 0.3 is 0 Å². The van der Waals surface area contributed by atoms with Gasteiger partial charge in [0.15, 0.2) is 5.69 Å². The number of nitriles is 1. The molecule has 8 nitrogen and oxygen atoms in total. The molecule has 1 aliphatic rings. The van der Waals surface area contributed by atoms with E-state index in [1.165, 1.54) is 5.56 Å². The summed E-state index contributed by atoms with van der Waals surface area (Å²) in [6.07, 6.45) is 5.62. The monoisotopic (exact) mass is 425 g/mol. The van der Waals surface area contributed by atoms with Crippen molar-refractivity contribution in [3.63, 3.8) is 0 Å². The van der Waals surface area contributed by atoms with Crippen LogP contribution in [0.1, 0.15) is 45.9 Å². The molecule has 3 heterocycles. The van der Waals surface area contributed by atoms with Crippen LogP contribution in [0, 0.1) is 11.3 Å². The van der Waals surface area contributed by atoms with Gasteiger partial charge in [0.25, 0.3) is 5.91 Å². The summed E-state index contributed by atoms with van der Waals surface area (Å²) in [6.45, 7) is 2.59. The summed E-state index contributed by atoms with van der Waals surface area (Å²) in [7, 11) is 0. The largest absolute Gasteiger partial charge is 0.318 e. The van der Waals surface area contributed by atoms with Crippen molar-refractivity contribution in [3.8, 4) is 6.07 Å². The maximum atomic E-state index is 12.9. The average Bonchev–Trinajstić information content (AvgIpc) is 3.46. The van der Waals surface area contributed by atoms with Gasteiger partial charge in [0.2, 0.25) is 0 Å². The van der Waals surface area contributed by atoms with Gasteiger partial charge < -0.3 is 10.6 Å². The van der Waals surface area contributed by atoms with E-state index in [1.54, 1.807) is 23.1 Å². The molecular formula is C24H23N7O. The molecule has 3 N–H and O–H groups in total. The molecule has 1 amide bonds. The summed E-state index contributed by atoms with van der Waals surface area (Å²) in [6, 6.07) is 15.7. The topological polar surface area (TPSA) is 111 Å². The first kappa shape index (κ1) is 20.0. The minimum Gasteiger partial charge on any atom is -0.318 e. The lowest BCUT2D eigenvalue weighted by molar-refractivity contribution is 0.102. The highest BCUT2D eigenvalue weighted by atomic mass is 16.2. The number of aromatic nitrogens is 4. The quantitative estimate of drug-likeness (QED) is 0.454. The second kappa shape index (κ2) is 8.65. The van der Waals surface area contributed by atoms with Crippen LogP contribution in [0.4, 0.5) is 5.69 Å². The molecule has 0 radical (unpaired) electrons. The van der Waals surface area contributed by atoms with Crippen LogP contribution in [-0.2, 0) is 6.54 Å². The minimum atomic E-state index is -0.281. The summed E-state index contributed by atoms with van der Waals surface area (Å²) in [5.41, 5.74) is 4.70. The van der Waals surface area contributed by atoms with E-state index in [0.717, 1.165) is 42.4 Å². The molecule has 2 aromatic heterocycles. The molecule has 160 valence electrons. The highest BCUT2D eigenvalue weighted by Crippen LogP contribution is 2.28. The minimum absolute atomic E-state index is 0.281. The van der Waals surface area contributed by atoms with E-state index in [1.807, 2.05) is 24.3 Å². The Morgan fingerprint density at radius 1 is 1.22 bits per heavy atom. The maximum Gasteiger partial charge on any atom is 0.276 e.